The lowest BCUT2D eigenvalue weighted by Crippen LogP contribution is -2.31. The number of methoxy groups -OCH3 is 1. The van der Waals surface area contributed by atoms with Crippen LogP contribution in [-0.4, -0.2) is 26.5 Å². The van der Waals surface area contributed by atoms with Crippen molar-refractivity contribution in [2.75, 3.05) is 13.4 Å². The second-order valence-corrected chi connectivity index (χ2v) is 6.53. The normalized spacial score (nSPS) is 11.6. The zero-order valence-corrected chi connectivity index (χ0v) is 13.8. The Morgan fingerprint density at radius 3 is 2.30 bits per heavy atom. The van der Waals surface area contributed by atoms with E-state index in [-0.39, 0.29) is 0 Å². The van der Waals surface area contributed by atoms with Gasteiger partial charge in [0.2, 0.25) is 0 Å². The molecule has 1 heterocycles. The van der Waals surface area contributed by atoms with Gasteiger partial charge in [-0.05, 0) is 42.3 Å². The monoisotopic (exact) mass is 335 g/mol. The predicted octanol–water partition coefficient (Wildman–Crippen LogP) is 1.72. The maximum Gasteiger partial charge on any atom is 0.324 e. The molecule has 0 spiro atoms. The van der Waals surface area contributed by atoms with Gasteiger partial charge in [-0.15, -0.1) is 4.73 Å². The molecular formula is C16H17NO5S. The minimum absolute atomic E-state index is 0.330. The molecule has 6 nitrogen and oxygen atoms in total. The zero-order valence-electron chi connectivity index (χ0n) is 13.0. The quantitative estimate of drug-likeness (QED) is 0.832. The van der Waals surface area contributed by atoms with Crippen molar-refractivity contribution < 1.29 is 17.4 Å². The fraction of sp³-hybridized carbons (Fsp3) is 0.188. The Morgan fingerprint density at radius 2 is 1.74 bits per heavy atom. The summed E-state index contributed by atoms with van der Waals surface area (Å²) in [7, 11) is -2.23. The number of hydrogen-bond donors (Lipinski definition) is 0. The van der Waals surface area contributed by atoms with Gasteiger partial charge in [-0.1, -0.05) is 18.2 Å². The van der Waals surface area contributed by atoms with Crippen LogP contribution in [0, 0.1) is 6.92 Å². The van der Waals surface area contributed by atoms with Crippen molar-refractivity contribution in [1.29, 1.82) is 0 Å². The highest BCUT2D eigenvalue weighted by atomic mass is 32.2. The highest BCUT2D eigenvalue weighted by Crippen LogP contribution is 2.14. The Hall–Kier alpha value is -2.54. The molecule has 0 aliphatic heterocycles. The summed E-state index contributed by atoms with van der Waals surface area (Å²) in [6, 6.07) is 10.2. The van der Waals surface area contributed by atoms with Crippen LogP contribution in [0.5, 0.6) is 5.75 Å². The molecular weight excluding hydrogens is 318 g/mol. The van der Waals surface area contributed by atoms with Gasteiger partial charge < -0.3 is 4.74 Å². The van der Waals surface area contributed by atoms with E-state index in [0.717, 1.165) is 22.3 Å². The van der Waals surface area contributed by atoms with Gasteiger partial charge in [-0.2, -0.15) is 8.42 Å². The SMILES string of the molecule is COc1ccc(/C=C/c2cc(C)cc(=O)n2OS(C)(=O)=O)cc1. The first-order valence-corrected chi connectivity index (χ1v) is 8.56. The fourth-order valence-corrected chi connectivity index (χ4v) is 2.37. The highest BCUT2D eigenvalue weighted by molar-refractivity contribution is 7.86. The maximum absolute atomic E-state index is 12.0. The Bertz CT molecular complexity index is 880. The standard InChI is InChI=1S/C16H17NO5S/c1-12-10-14(17(16(18)11-12)22-23(3,19)20)7-4-13-5-8-15(21-2)9-6-13/h4-11H,1-3H3/b7-4+. The molecule has 0 atom stereocenters. The third kappa shape index (κ3) is 4.72. The van der Waals surface area contributed by atoms with Gasteiger partial charge in [0.1, 0.15) is 5.75 Å². The molecule has 0 radical (unpaired) electrons. The van der Waals surface area contributed by atoms with Gasteiger partial charge in [0.15, 0.2) is 0 Å². The van der Waals surface area contributed by atoms with E-state index in [1.54, 1.807) is 44.4 Å². The molecule has 0 unspecified atom stereocenters. The zero-order chi connectivity index (χ0) is 17.0. The van der Waals surface area contributed by atoms with Crippen LogP contribution >= 0.6 is 0 Å². The lowest BCUT2D eigenvalue weighted by Gasteiger charge is -2.09. The highest BCUT2D eigenvalue weighted by Gasteiger charge is 2.10. The fourth-order valence-electron chi connectivity index (χ4n) is 1.94. The van der Waals surface area contributed by atoms with E-state index in [9.17, 15) is 13.2 Å². The number of ether oxygens (including phenoxy) is 1. The Kier molecular flexibility index (Phi) is 4.90. The summed E-state index contributed by atoms with van der Waals surface area (Å²) in [6.45, 7) is 1.75. The number of hydrogen-bond acceptors (Lipinski definition) is 5. The lowest BCUT2D eigenvalue weighted by atomic mass is 10.1. The van der Waals surface area contributed by atoms with Crippen LogP contribution in [0.25, 0.3) is 12.2 Å². The first kappa shape index (κ1) is 16.8. The molecule has 2 rings (SSSR count). The first-order valence-electron chi connectivity index (χ1n) is 6.74. The van der Waals surface area contributed by atoms with Crippen LogP contribution < -0.4 is 14.6 Å². The minimum Gasteiger partial charge on any atom is -0.497 e. The summed E-state index contributed by atoms with van der Waals surface area (Å²) in [5.74, 6) is 0.732. The van der Waals surface area contributed by atoms with Gasteiger partial charge in [0, 0.05) is 6.07 Å². The number of aryl methyl sites for hydroxylation is 1. The van der Waals surface area contributed by atoms with Crippen molar-refractivity contribution in [2.24, 2.45) is 0 Å². The Balaban J connectivity index is 2.41. The molecule has 0 fully saturated rings. The molecule has 1 aromatic heterocycles. The van der Waals surface area contributed by atoms with E-state index in [1.165, 1.54) is 6.07 Å². The Morgan fingerprint density at radius 1 is 1.09 bits per heavy atom. The van der Waals surface area contributed by atoms with Gasteiger partial charge in [-0.25, -0.2) is 0 Å². The van der Waals surface area contributed by atoms with Crippen molar-refractivity contribution in [2.45, 2.75) is 6.92 Å². The largest absolute Gasteiger partial charge is 0.497 e. The van der Waals surface area contributed by atoms with E-state index in [4.69, 9.17) is 9.02 Å². The van der Waals surface area contributed by atoms with E-state index in [0.29, 0.717) is 11.3 Å². The maximum atomic E-state index is 12.0. The summed E-state index contributed by atoms with van der Waals surface area (Å²) in [6.07, 6.45) is 4.24. The number of rotatable bonds is 5. The summed E-state index contributed by atoms with van der Waals surface area (Å²) >= 11 is 0. The van der Waals surface area contributed by atoms with Gasteiger partial charge in [0.25, 0.3) is 5.56 Å². The minimum atomic E-state index is -3.81. The smallest absolute Gasteiger partial charge is 0.324 e. The molecule has 0 saturated carbocycles. The average molecular weight is 335 g/mol. The number of benzene rings is 1. The molecule has 0 aliphatic carbocycles. The summed E-state index contributed by atoms with van der Waals surface area (Å²) in [5, 5.41) is 0. The van der Waals surface area contributed by atoms with Crippen LogP contribution in [0.15, 0.2) is 41.2 Å². The van der Waals surface area contributed by atoms with Crippen molar-refractivity contribution in [3.8, 4) is 5.75 Å². The summed E-state index contributed by atoms with van der Waals surface area (Å²) < 4.78 is 33.2. The third-order valence-electron chi connectivity index (χ3n) is 2.93. The molecule has 0 amide bonds. The molecule has 0 saturated heterocycles. The van der Waals surface area contributed by atoms with Crippen LogP contribution in [0.4, 0.5) is 0 Å². The van der Waals surface area contributed by atoms with E-state index in [1.807, 2.05) is 12.1 Å². The molecule has 1 aromatic carbocycles. The molecule has 2 aromatic rings. The molecule has 0 N–H and O–H groups in total. The Labute approximate surface area is 134 Å². The number of aromatic nitrogens is 1. The average Bonchev–Trinajstić information content (AvgIpc) is 2.47. The number of nitrogens with zero attached hydrogens (tertiary/aromatic N) is 1. The molecule has 122 valence electrons. The van der Waals surface area contributed by atoms with Crippen molar-refractivity contribution in [3.63, 3.8) is 0 Å². The molecule has 7 heteroatoms. The first-order chi connectivity index (χ1) is 10.8. The van der Waals surface area contributed by atoms with Gasteiger partial charge in [0.05, 0.1) is 19.1 Å². The van der Waals surface area contributed by atoms with Crippen molar-refractivity contribution >= 4 is 22.3 Å². The molecule has 0 aliphatic rings. The molecule has 23 heavy (non-hydrogen) atoms. The number of pyridine rings is 1. The summed E-state index contributed by atoms with van der Waals surface area (Å²) in [4.78, 5) is 12.0. The van der Waals surface area contributed by atoms with Crippen LogP contribution in [0.2, 0.25) is 0 Å². The van der Waals surface area contributed by atoms with Crippen LogP contribution in [0.1, 0.15) is 16.8 Å². The molecule has 0 bridgehead atoms. The second-order valence-electron chi connectivity index (χ2n) is 4.98. The second kappa shape index (κ2) is 6.70. The van der Waals surface area contributed by atoms with Crippen molar-refractivity contribution in [1.82, 2.24) is 4.73 Å². The lowest BCUT2D eigenvalue weighted by molar-refractivity contribution is 0.267. The third-order valence-corrected chi connectivity index (χ3v) is 3.35. The topological polar surface area (TPSA) is 74.6 Å². The van der Waals surface area contributed by atoms with E-state index in [2.05, 4.69) is 0 Å². The van der Waals surface area contributed by atoms with Gasteiger partial charge in [-0.3, -0.25) is 9.08 Å². The van der Waals surface area contributed by atoms with Crippen molar-refractivity contribution in [3.05, 3.63) is 63.6 Å². The van der Waals surface area contributed by atoms with E-state index < -0.39 is 15.7 Å². The van der Waals surface area contributed by atoms with Gasteiger partial charge >= 0.3 is 10.1 Å². The van der Waals surface area contributed by atoms with Crippen LogP contribution in [-0.2, 0) is 10.1 Å². The van der Waals surface area contributed by atoms with Crippen LogP contribution in [0.3, 0.4) is 0 Å². The predicted molar refractivity (Wildman–Crippen MR) is 88.8 cm³/mol. The summed E-state index contributed by atoms with van der Waals surface area (Å²) in [5.41, 5.74) is 1.35. The van der Waals surface area contributed by atoms with E-state index >= 15 is 0 Å².